The zero-order valence-electron chi connectivity index (χ0n) is 18.4. The molecule has 1 heterocycles. The van der Waals surface area contributed by atoms with Crippen molar-refractivity contribution < 1.29 is 4.79 Å². The average molecular weight is 516 g/mol. The van der Waals surface area contributed by atoms with Gasteiger partial charge in [-0.05, 0) is 55.0 Å². The molecule has 4 aromatic rings. The molecule has 6 nitrogen and oxygen atoms in total. The molecule has 1 atom stereocenters. The fraction of sp³-hybridized carbons (Fsp3) is 0.160. The molecule has 0 aliphatic carbocycles. The van der Waals surface area contributed by atoms with Crippen molar-refractivity contribution in [2.24, 2.45) is 0 Å². The summed E-state index contributed by atoms with van der Waals surface area (Å²) in [4.78, 5) is 33.0. The second-order valence-corrected chi connectivity index (χ2v) is 8.98. The zero-order valence-corrected chi connectivity index (χ0v) is 20.7. The Kier molecular flexibility index (Phi) is 7.12. The maximum Gasteiger partial charge on any atom is 0.322 e. The number of anilines is 1. The summed E-state index contributed by atoms with van der Waals surface area (Å²) in [5.41, 5.74) is 1.31. The highest BCUT2D eigenvalue weighted by Gasteiger charge is 2.27. The van der Waals surface area contributed by atoms with E-state index in [1.165, 1.54) is 9.47 Å². The molecule has 1 aromatic heterocycles. The lowest BCUT2D eigenvalue weighted by Gasteiger charge is -2.29. The molecule has 3 aromatic carbocycles. The molecule has 0 spiro atoms. The lowest BCUT2D eigenvalue weighted by molar-refractivity contribution is 0.199. The number of para-hydroxylation sites is 1. The van der Waals surface area contributed by atoms with E-state index >= 15 is 0 Å². The zero-order chi connectivity index (χ0) is 24.4. The van der Waals surface area contributed by atoms with Crippen molar-refractivity contribution in [2.75, 3.05) is 12.4 Å². The maximum absolute atomic E-state index is 13.6. The summed E-state index contributed by atoms with van der Waals surface area (Å²) in [7, 11) is 1.65. The van der Waals surface area contributed by atoms with Gasteiger partial charge in [0.2, 0.25) is 0 Å². The number of hydrogen-bond donors (Lipinski definition) is 1. The van der Waals surface area contributed by atoms with Crippen LogP contribution in [0.1, 0.15) is 25.2 Å². The average Bonchev–Trinajstić information content (AvgIpc) is 2.81. The molecule has 2 amide bonds. The lowest BCUT2D eigenvalue weighted by Crippen LogP contribution is -2.38. The summed E-state index contributed by atoms with van der Waals surface area (Å²) >= 11 is 18.4. The van der Waals surface area contributed by atoms with Gasteiger partial charge in [0.1, 0.15) is 5.82 Å². The molecule has 4 rings (SSSR count). The van der Waals surface area contributed by atoms with E-state index in [0.717, 1.165) is 0 Å². The Balaban J connectivity index is 1.82. The van der Waals surface area contributed by atoms with Gasteiger partial charge in [-0.1, -0.05) is 59.9 Å². The first-order valence-electron chi connectivity index (χ1n) is 10.6. The van der Waals surface area contributed by atoms with Crippen LogP contribution in [0.25, 0.3) is 16.6 Å². The van der Waals surface area contributed by atoms with Gasteiger partial charge in [0, 0.05) is 17.1 Å². The second kappa shape index (κ2) is 10.1. The van der Waals surface area contributed by atoms with E-state index in [-0.39, 0.29) is 5.56 Å². The topological polar surface area (TPSA) is 67.2 Å². The largest absolute Gasteiger partial charge is 0.322 e. The summed E-state index contributed by atoms with van der Waals surface area (Å²) < 4.78 is 1.52. The van der Waals surface area contributed by atoms with E-state index < -0.39 is 12.1 Å². The molecule has 0 aliphatic heterocycles. The Labute approximate surface area is 211 Å². The van der Waals surface area contributed by atoms with Crippen molar-refractivity contribution in [1.29, 1.82) is 0 Å². The normalized spacial score (nSPS) is 11.9. The van der Waals surface area contributed by atoms with Crippen LogP contribution in [0.4, 0.5) is 10.5 Å². The van der Waals surface area contributed by atoms with Crippen LogP contribution in [0, 0.1) is 0 Å². The van der Waals surface area contributed by atoms with Gasteiger partial charge in [0.25, 0.3) is 5.56 Å². The van der Waals surface area contributed by atoms with Gasteiger partial charge in [-0.3, -0.25) is 9.36 Å². The Morgan fingerprint density at radius 2 is 1.76 bits per heavy atom. The summed E-state index contributed by atoms with van der Waals surface area (Å²) in [5.74, 6) is 0.424. The molecule has 0 radical (unpaired) electrons. The Morgan fingerprint density at radius 1 is 1.03 bits per heavy atom. The van der Waals surface area contributed by atoms with Gasteiger partial charge in [0.05, 0.1) is 33.3 Å². The minimum absolute atomic E-state index is 0.240. The molecule has 9 heteroatoms. The number of carbonyl (C=O) groups is 1. The molecule has 34 heavy (non-hydrogen) atoms. The van der Waals surface area contributed by atoms with Crippen molar-refractivity contribution in [3.8, 4) is 5.69 Å². The van der Waals surface area contributed by atoms with E-state index in [0.29, 0.717) is 49.6 Å². The van der Waals surface area contributed by atoms with Gasteiger partial charge in [-0.25, -0.2) is 9.78 Å². The lowest BCUT2D eigenvalue weighted by atomic mass is 10.1. The number of fused-ring (bicyclic) bond motifs is 1. The van der Waals surface area contributed by atoms with Gasteiger partial charge in [0.15, 0.2) is 0 Å². The van der Waals surface area contributed by atoms with E-state index in [2.05, 4.69) is 5.32 Å². The number of carbonyl (C=O) groups excluding carboxylic acids is 1. The van der Waals surface area contributed by atoms with Gasteiger partial charge < -0.3 is 10.2 Å². The second-order valence-electron chi connectivity index (χ2n) is 7.70. The number of urea groups is 1. The van der Waals surface area contributed by atoms with Crippen LogP contribution < -0.4 is 10.9 Å². The highest BCUT2D eigenvalue weighted by atomic mass is 35.5. The Hall–Kier alpha value is -3.06. The van der Waals surface area contributed by atoms with E-state index in [1.807, 2.05) is 13.0 Å². The number of nitrogens with zero attached hydrogens (tertiary/aromatic N) is 3. The van der Waals surface area contributed by atoms with Gasteiger partial charge >= 0.3 is 6.03 Å². The maximum atomic E-state index is 13.6. The van der Waals surface area contributed by atoms with Crippen LogP contribution in [0.5, 0.6) is 0 Å². The van der Waals surface area contributed by atoms with Crippen molar-refractivity contribution in [3.05, 3.63) is 98.0 Å². The van der Waals surface area contributed by atoms with Crippen LogP contribution in [-0.4, -0.2) is 27.5 Å². The molecular weight excluding hydrogens is 495 g/mol. The minimum Gasteiger partial charge on any atom is -0.317 e. The predicted octanol–water partition coefficient (Wildman–Crippen LogP) is 6.96. The number of aromatic nitrogens is 2. The Bertz CT molecular complexity index is 1440. The molecule has 0 saturated carbocycles. The monoisotopic (exact) mass is 514 g/mol. The molecular formula is C25H21Cl3N4O2. The van der Waals surface area contributed by atoms with Crippen molar-refractivity contribution in [1.82, 2.24) is 14.5 Å². The highest BCUT2D eigenvalue weighted by Crippen LogP contribution is 2.29. The standard InChI is InChI=1S/C25H21Cl3N4O2/c1-3-22(31(2)25(34)30-21-12-11-16(27)14-19(21)28)23-29-20-10-5-4-9-18(20)24(33)32(23)17-8-6-7-15(26)13-17/h4-14,22H,3H2,1-2H3,(H,30,34). The molecule has 1 unspecified atom stereocenters. The smallest absolute Gasteiger partial charge is 0.317 e. The first-order chi connectivity index (χ1) is 16.3. The van der Waals surface area contributed by atoms with Crippen LogP contribution in [0.3, 0.4) is 0 Å². The molecule has 0 bridgehead atoms. The summed E-state index contributed by atoms with van der Waals surface area (Å²) in [6.45, 7) is 1.92. The van der Waals surface area contributed by atoms with Crippen LogP contribution >= 0.6 is 34.8 Å². The number of amides is 2. The fourth-order valence-corrected chi connectivity index (χ4v) is 4.44. The fourth-order valence-electron chi connectivity index (χ4n) is 3.80. The number of hydrogen-bond acceptors (Lipinski definition) is 3. The Morgan fingerprint density at radius 3 is 2.47 bits per heavy atom. The quantitative estimate of drug-likeness (QED) is 0.312. The minimum atomic E-state index is -0.526. The molecule has 0 fully saturated rings. The van der Waals surface area contributed by atoms with E-state index in [1.54, 1.807) is 67.7 Å². The molecule has 0 aliphatic rings. The van der Waals surface area contributed by atoms with Crippen LogP contribution in [-0.2, 0) is 0 Å². The summed E-state index contributed by atoms with van der Waals surface area (Å²) in [5, 5.41) is 4.55. The highest BCUT2D eigenvalue weighted by molar-refractivity contribution is 6.36. The summed E-state index contributed by atoms with van der Waals surface area (Å²) in [6, 6.07) is 18.0. The van der Waals surface area contributed by atoms with Crippen molar-refractivity contribution >= 4 is 57.4 Å². The van der Waals surface area contributed by atoms with Gasteiger partial charge in [-0.15, -0.1) is 0 Å². The number of rotatable bonds is 5. The van der Waals surface area contributed by atoms with Gasteiger partial charge in [-0.2, -0.15) is 0 Å². The third-order valence-corrected chi connectivity index (χ3v) is 6.30. The van der Waals surface area contributed by atoms with E-state index in [9.17, 15) is 9.59 Å². The first-order valence-corrected chi connectivity index (χ1v) is 11.7. The van der Waals surface area contributed by atoms with Crippen molar-refractivity contribution in [2.45, 2.75) is 19.4 Å². The predicted molar refractivity (Wildman–Crippen MR) is 139 cm³/mol. The first kappa shape index (κ1) is 24.1. The van der Waals surface area contributed by atoms with Crippen LogP contribution in [0.2, 0.25) is 15.1 Å². The molecule has 174 valence electrons. The third kappa shape index (κ3) is 4.75. The number of benzene rings is 3. The third-order valence-electron chi connectivity index (χ3n) is 5.51. The van der Waals surface area contributed by atoms with Crippen LogP contribution in [0.15, 0.2) is 71.5 Å². The SMILES string of the molecule is CCC(c1nc2ccccc2c(=O)n1-c1cccc(Cl)c1)N(C)C(=O)Nc1ccc(Cl)cc1Cl. The number of halogens is 3. The van der Waals surface area contributed by atoms with E-state index in [4.69, 9.17) is 39.8 Å². The number of nitrogens with one attached hydrogen (secondary N) is 1. The molecule has 0 saturated heterocycles. The van der Waals surface area contributed by atoms with Crippen molar-refractivity contribution in [3.63, 3.8) is 0 Å². The summed E-state index contributed by atoms with van der Waals surface area (Å²) in [6.07, 6.45) is 0.504. The molecule has 1 N–H and O–H groups in total.